The molecule has 2 saturated carbocycles. The van der Waals surface area contributed by atoms with Crippen molar-refractivity contribution in [2.45, 2.75) is 37.5 Å². The van der Waals surface area contributed by atoms with Crippen LogP contribution in [0.25, 0.3) is 0 Å². The van der Waals surface area contributed by atoms with E-state index < -0.39 is 0 Å². The van der Waals surface area contributed by atoms with Gasteiger partial charge in [0.1, 0.15) is 0 Å². The Balaban J connectivity index is 1.70. The molecule has 3 aliphatic rings. The number of amides is 2. The number of carbonyl (C=O) groups is 2. The molecule has 2 amide bonds. The fourth-order valence-electron chi connectivity index (χ4n) is 4.76. The molecule has 116 valence electrons. The summed E-state index contributed by atoms with van der Waals surface area (Å²) in [6, 6.07) is 10.2. The Morgan fingerprint density at radius 3 is 2.55 bits per heavy atom. The van der Waals surface area contributed by atoms with Gasteiger partial charge in [0.2, 0.25) is 11.8 Å². The maximum Gasteiger partial charge on any atom is 0.239 e. The Labute approximate surface area is 130 Å². The van der Waals surface area contributed by atoms with Crippen LogP contribution in [0.5, 0.6) is 0 Å². The van der Waals surface area contributed by atoms with Gasteiger partial charge >= 0.3 is 0 Å². The Morgan fingerprint density at radius 1 is 1.14 bits per heavy atom. The first-order chi connectivity index (χ1) is 10.7. The van der Waals surface area contributed by atoms with Crippen molar-refractivity contribution >= 4 is 11.8 Å². The topological polar surface area (TPSA) is 49.4 Å². The summed E-state index contributed by atoms with van der Waals surface area (Å²) in [5.41, 5.74) is 0.926. The molecule has 1 aromatic carbocycles. The molecule has 0 radical (unpaired) electrons. The molecule has 1 unspecified atom stereocenters. The lowest BCUT2D eigenvalue weighted by atomic mass is 9.83. The standard InChI is InChI=1S/C18H22N2O2/c21-15-12-20(11-10-19-15)16(22)18(14-6-2-1-3-7-14)13-17(18)8-4-5-9-17/h1-3,6-7H,4-5,8-13H2,(H,19,21). The largest absolute Gasteiger partial charge is 0.353 e. The van der Waals surface area contributed by atoms with Gasteiger partial charge in [0.05, 0.1) is 12.0 Å². The van der Waals surface area contributed by atoms with Crippen molar-refractivity contribution in [2.24, 2.45) is 5.41 Å². The molecular formula is C18H22N2O2. The van der Waals surface area contributed by atoms with Crippen LogP contribution in [0.1, 0.15) is 37.7 Å². The zero-order chi connectivity index (χ0) is 15.2. The second-order valence-electron chi connectivity index (χ2n) is 7.01. The number of rotatable bonds is 2. The van der Waals surface area contributed by atoms with Crippen molar-refractivity contribution in [3.05, 3.63) is 35.9 Å². The number of benzene rings is 1. The molecule has 2 aliphatic carbocycles. The van der Waals surface area contributed by atoms with Crippen molar-refractivity contribution in [2.75, 3.05) is 19.6 Å². The fraction of sp³-hybridized carbons (Fsp3) is 0.556. The lowest BCUT2D eigenvalue weighted by Crippen LogP contribution is -2.53. The highest BCUT2D eigenvalue weighted by atomic mass is 16.2. The second-order valence-corrected chi connectivity index (χ2v) is 7.01. The summed E-state index contributed by atoms with van der Waals surface area (Å²) in [7, 11) is 0. The first-order valence-corrected chi connectivity index (χ1v) is 8.30. The summed E-state index contributed by atoms with van der Waals surface area (Å²) in [5, 5.41) is 2.81. The first kappa shape index (κ1) is 13.8. The van der Waals surface area contributed by atoms with Gasteiger partial charge in [0, 0.05) is 13.1 Å². The van der Waals surface area contributed by atoms with Crippen LogP contribution in [0.2, 0.25) is 0 Å². The van der Waals surface area contributed by atoms with E-state index in [0.29, 0.717) is 13.1 Å². The molecule has 4 rings (SSSR count). The Morgan fingerprint density at radius 2 is 1.86 bits per heavy atom. The third kappa shape index (κ3) is 1.82. The third-order valence-corrected chi connectivity index (χ3v) is 5.90. The minimum atomic E-state index is -0.373. The number of carbonyl (C=O) groups excluding carboxylic acids is 2. The van der Waals surface area contributed by atoms with Gasteiger partial charge in [0.25, 0.3) is 0 Å². The lowest BCUT2D eigenvalue weighted by Gasteiger charge is -2.32. The third-order valence-electron chi connectivity index (χ3n) is 5.90. The van der Waals surface area contributed by atoms with Crippen molar-refractivity contribution in [1.82, 2.24) is 10.2 Å². The maximum atomic E-state index is 13.3. The van der Waals surface area contributed by atoms with E-state index in [4.69, 9.17) is 0 Å². The van der Waals surface area contributed by atoms with Crippen molar-refractivity contribution in [3.63, 3.8) is 0 Å². The number of hydrogen-bond donors (Lipinski definition) is 1. The summed E-state index contributed by atoms with van der Waals surface area (Å²) < 4.78 is 0. The highest BCUT2D eigenvalue weighted by Crippen LogP contribution is 2.72. The Bertz CT molecular complexity index is 607. The summed E-state index contributed by atoms with van der Waals surface area (Å²) >= 11 is 0. The maximum absolute atomic E-state index is 13.3. The number of hydrogen-bond acceptors (Lipinski definition) is 2. The lowest BCUT2D eigenvalue weighted by molar-refractivity contribution is -0.141. The predicted molar refractivity (Wildman–Crippen MR) is 83.2 cm³/mol. The quantitative estimate of drug-likeness (QED) is 0.906. The molecule has 4 heteroatoms. The highest BCUT2D eigenvalue weighted by molar-refractivity contribution is 5.96. The molecule has 3 fully saturated rings. The average Bonchev–Trinajstić information content (AvgIpc) is 2.95. The Hall–Kier alpha value is -1.84. The molecule has 4 nitrogen and oxygen atoms in total. The van der Waals surface area contributed by atoms with Gasteiger partial charge in [-0.3, -0.25) is 9.59 Å². The smallest absolute Gasteiger partial charge is 0.239 e. The molecule has 22 heavy (non-hydrogen) atoms. The van der Waals surface area contributed by atoms with Crippen LogP contribution in [0.3, 0.4) is 0 Å². The molecule has 1 saturated heterocycles. The van der Waals surface area contributed by atoms with E-state index in [1.165, 1.54) is 12.8 Å². The van der Waals surface area contributed by atoms with Crippen LogP contribution in [-0.4, -0.2) is 36.3 Å². The van der Waals surface area contributed by atoms with Gasteiger partial charge in [-0.15, -0.1) is 0 Å². The van der Waals surface area contributed by atoms with E-state index in [0.717, 1.165) is 24.8 Å². The monoisotopic (exact) mass is 298 g/mol. The van der Waals surface area contributed by atoms with Crippen LogP contribution in [0.15, 0.2) is 30.3 Å². The fourth-order valence-corrected chi connectivity index (χ4v) is 4.76. The minimum Gasteiger partial charge on any atom is -0.353 e. The average molecular weight is 298 g/mol. The van der Waals surface area contributed by atoms with E-state index in [1.54, 1.807) is 4.90 Å². The summed E-state index contributed by atoms with van der Waals surface area (Å²) in [4.78, 5) is 26.8. The molecule has 1 aliphatic heterocycles. The first-order valence-electron chi connectivity index (χ1n) is 8.30. The van der Waals surface area contributed by atoms with E-state index in [-0.39, 0.29) is 29.2 Å². The van der Waals surface area contributed by atoms with Crippen LogP contribution in [0, 0.1) is 5.41 Å². The van der Waals surface area contributed by atoms with Gasteiger partial charge in [-0.25, -0.2) is 0 Å². The molecule has 1 spiro atoms. The zero-order valence-electron chi connectivity index (χ0n) is 12.8. The molecule has 1 heterocycles. The SMILES string of the molecule is O=C1CN(C(=O)C2(c3ccccc3)CC23CCCC3)CCN1. The van der Waals surface area contributed by atoms with Crippen molar-refractivity contribution in [1.29, 1.82) is 0 Å². The summed E-state index contributed by atoms with van der Waals surface area (Å²) in [6.45, 7) is 1.42. The molecule has 1 N–H and O–H groups in total. The van der Waals surface area contributed by atoms with E-state index in [9.17, 15) is 9.59 Å². The van der Waals surface area contributed by atoms with Gasteiger partial charge in [-0.05, 0) is 30.2 Å². The molecule has 0 bridgehead atoms. The van der Waals surface area contributed by atoms with Gasteiger partial charge < -0.3 is 10.2 Å². The molecular weight excluding hydrogens is 276 g/mol. The number of nitrogens with one attached hydrogen (secondary N) is 1. The van der Waals surface area contributed by atoms with Crippen LogP contribution >= 0.6 is 0 Å². The zero-order valence-corrected chi connectivity index (χ0v) is 12.8. The minimum absolute atomic E-state index is 0.0380. The number of piperazine rings is 1. The van der Waals surface area contributed by atoms with E-state index >= 15 is 0 Å². The van der Waals surface area contributed by atoms with Crippen molar-refractivity contribution < 1.29 is 9.59 Å². The van der Waals surface area contributed by atoms with Crippen molar-refractivity contribution in [3.8, 4) is 0 Å². The van der Waals surface area contributed by atoms with E-state index in [2.05, 4.69) is 17.4 Å². The summed E-state index contributed by atoms with van der Waals surface area (Å²) in [6.07, 6.45) is 5.70. The van der Waals surface area contributed by atoms with Crippen LogP contribution in [0.4, 0.5) is 0 Å². The second kappa shape index (κ2) is 4.83. The molecule has 0 aromatic heterocycles. The van der Waals surface area contributed by atoms with Gasteiger partial charge in [0.15, 0.2) is 0 Å². The Kier molecular flexibility index (Phi) is 3.03. The van der Waals surface area contributed by atoms with Crippen LogP contribution in [-0.2, 0) is 15.0 Å². The van der Waals surface area contributed by atoms with E-state index in [1.807, 2.05) is 18.2 Å². The van der Waals surface area contributed by atoms with Gasteiger partial charge in [-0.1, -0.05) is 43.2 Å². The normalized spacial score (nSPS) is 29.5. The molecule has 1 atom stereocenters. The van der Waals surface area contributed by atoms with Crippen LogP contribution < -0.4 is 5.32 Å². The summed E-state index contributed by atoms with van der Waals surface area (Å²) in [5.74, 6) is 0.138. The predicted octanol–water partition coefficient (Wildman–Crippen LogP) is 1.85. The highest BCUT2D eigenvalue weighted by Gasteiger charge is 2.73. The molecule has 1 aromatic rings. The van der Waals surface area contributed by atoms with Gasteiger partial charge in [-0.2, -0.15) is 0 Å². The number of nitrogens with zero attached hydrogens (tertiary/aromatic N) is 1.